The van der Waals surface area contributed by atoms with Crippen LogP contribution in [-0.2, 0) is 11.3 Å². The number of rotatable bonds is 5. The summed E-state index contributed by atoms with van der Waals surface area (Å²) in [5.74, 6) is 1.68. The van der Waals surface area contributed by atoms with Gasteiger partial charge in [-0.05, 0) is 24.3 Å². The molecule has 0 spiro atoms. The van der Waals surface area contributed by atoms with Crippen LogP contribution in [0.1, 0.15) is 25.6 Å². The molecule has 1 heterocycles. The molecule has 0 aliphatic heterocycles. The Morgan fingerprint density at radius 1 is 1.17 bits per heavy atom. The highest BCUT2D eigenvalue weighted by molar-refractivity contribution is 5.93. The van der Waals surface area contributed by atoms with Crippen LogP contribution in [0.25, 0.3) is 11.0 Å². The molecule has 5 nitrogen and oxygen atoms in total. The van der Waals surface area contributed by atoms with E-state index in [2.05, 4.69) is 24.1 Å². The predicted octanol–water partition coefficient (Wildman–Crippen LogP) is 3.81. The average molecular weight is 323 g/mol. The number of hydrogen-bond acceptors (Lipinski definition) is 3. The van der Waals surface area contributed by atoms with Crippen LogP contribution in [0.4, 0.5) is 5.69 Å². The van der Waals surface area contributed by atoms with E-state index in [-0.39, 0.29) is 18.4 Å². The highest BCUT2D eigenvalue weighted by atomic mass is 16.5. The third-order valence-electron chi connectivity index (χ3n) is 3.88. The molecule has 24 heavy (non-hydrogen) atoms. The maximum absolute atomic E-state index is 12.6. The van der Waals surface area contributed by atoms with Gasteiger partial charge in [0.15, 0.2) is 0 Å². The van der Waals surface area contributed by atoms with Crippen LogP contribution in [-0.4, -0.2) is 22.6 Å². The molecule has 1 aromatic heterocycles. The maximum Gasteiger partial charge on any atom is 0.244 e. The Morgan fingerprint density at radius 2 is 1.88 bits per heavy atom. The van der Waals surface area contributed by atoms with Crippen LogP contribution in [0, 0.1) is 0 Å². The Balaban J connectivity index is 1.89. The number of fused-ring (bicyclic) bond motifs is 1. The quantitative estimate of drug-likeness (QED) is 0.777. The number of carbonyl (C=O) groups excluding carboxylic acids is 1. The van der Waals surface area contributed by atoms with Crippen molar-refractivity contribution in [1.29, 1.82) is 0 Å². The molecule has 1 N–H and O–H groups in total. The highest BCUT2D eigenvalue weighted by Gasteiger charge is 2.16. The standard InChI is InChI=1S/C19H21N3O2/c1-13(2)19-21-14-8-4-6-10-16(14)22(19)12-18(23)20-15-9-5-7-11-17(15)24-3/h4-11,13H,12H2,1-3H3,(H,20,23). The number of carbonyl (C=O) groups is 1. The lowest BCUT2D eigenvalue weighted by Gasteiger charge is -2.13. The number of imidazole rings is 1. The zero-order valence-corrected chi connectivity index (χ0v) is 14.1. The van der Waals surface area contributed by atoms with E-state index < -0.39 is 0 Å². The number of ether oxygens (including phenoxy) is 1. The van der Waals surface area contributed by atoms with Crippen LogP contribution in [0.15, 0.2) is 48.5 Å². The first-order valence-corrected chi connectivity index (χ1v) is 7.98. The first-order valence-electron chi connectivity index (χ1n) is 7.98. The zero-order valence-electron chi connectivity index (χ0n) is 14.1. The molecule has 0 radical (unpaired) electrons. The van der Waals surface area contributed by atoms with Crippen molar-refractivity contribution in [2.75, 3.05) is 12.4 Å². The van der Waals surface area contributed by atoms with E-state index in [0.717, 1.165) is 16.9 Å². The summed E-state index contributed by atoms with van der Waals surface area (Å²) in [6, 6.07) is 15.3. The van der Waals surface area contributed by atoms with Gasteiger partial charge in [0.25, 0.3) is 0 Å². The van der Waals surface area contributed by atoms with Crippen molar-refractivity contribution in [2.24, 2.45) is 0 Å². The fraction of sp³-hybridized carbons (Fsp3) is 0.263. The number of nitrogens with zero attached hydrogens (tertiary/aromatic N) is 2. The van der Waals surface area contributed by atoms with E-state index >= 15 is 0 Å². The average Bonchev–Trinajstić information content (AvgIpc) is 2.94. The molecular formula is C19H21N3O2. The van der Waals surface area contributed by atoms with E-state index in [0.29, 0.717) is 11.4 Å². The third kappa shape index (κ3) is 3.11. The van der Waals surface area contributed by atoms with E-state index in [1.165, 1.54) is 0 Å². The van der Waals surface area contributed by atoms with E-state index in [9.17, 15) is 4.79 Å². The number of nitrogens with one attached hydrogen (secondary N) is 1. The van der Waals surface area contributed by atoms with Crippen molar-refractivity contribution < 1.29 is 9.53 Å². The minimum Gasteiger partial charge on any atom is -0.495 e. The largest absolute Gasteiger partial charge is 0.495 e. The summed E-state index contributed by atoms with van der Waals surface area (Å²) in [5, 5.41) is 2.92. The van der Waals surface area contributed by atoms with Crippen molar-refractivity contribution >= 4 is 22.6 Å². The van der Waals surface area contributed by atoms with Crippen molar-refractivity contribution in [3.8, 4) is 5.75 Å². The molecule has 2 aromatic carbocycles. The predicted molar refractivity (Wildman–Crippen MR) is 95.4 cm³/mol. The maximum atomic E-state index is 12.6. The highest BCUT2D eigenvalue weighted by Crippen LogP contribution is 2.24. The van der Waals surface area contributed by atoms with Gasteiger partial charge >= 0.3 is 0 Å². The number of para-hydroxylation sites is 4. The van der Waals surface area contributed by atoms with Gasteiger partial charge in [-0.15, -0.1) is 0 Å². The van der Waals surface area contributed by atoms with Gasteiger partial charge in [0.1, 0.15) is 18.1 Å². The lowest BCUT2D eigenvalue weighted by molar-refractivity contribution is -0.116. The summed E-state index contributed by atoms with van der Waals surface area (Å²) in [4.78, 5) is 17.2. The SMILES string of the molecule is COc1ccccc1NC(=O)Cn1c(C(C)C)nc2ccccc21. The summed E-state index contributed by atoms with van der Waals surface area (Å²) in [6.45, 7) is 4.37. The van der Waals surface area contributed by atoms with E-state index in [1.807, 2.05) is 53.1 Å². The second-order valence-corrected chi connectivity index (χ2v) is 5.95. The van der Waals surface area contributed by atoms with Crippen LogP contribution < -0.4 is 10.1 Å². The number of aromatic nitrogens is 2. The number of anilines is 1. The summed E-state index contributed by atoms with van der Waals surface area (Å²) >= 11 is 0. The summed E-state index contributed by atoms with van der Waals surface area (Å²) in [5.41, 5.74) is 2.54. The van der Waals surface area contributed by atoms with Crippen LogP contribution in [0.2, 0.25) is 0 Å². The lowest BCUT2D eigenvalue weighted by Crippen LogP contribution is -2.20. The molecular weight excluding hydrogens is 302 g/mol. The molecule has 0 aliphatic carbocycles. The summed E-state index contributed by atoms with van der Waals surface area (Å²) in [6.07, 6.45) is 0. The normalized spacial score (nSPS) is 11.0. The second-order valence-electron chi connectivity index (χ2n) is 5.95. The molecule has 124 valence electrons. The Hall–Kier alpha value is -2.82. The monoisotopic (exact) mass is 323 g/mol. The fourth-order valence-electron chi connectivity index (χ4n) is 2.78. The third-order valence-corrected chi connectivity index (χ3v) is 3.88. The number of methoxy groups -OCH3 is 1. The fourth-order valence-corrected chi connectivity index (χ4v) is 2.78. The molecule has 0 atom stereocenters. The van der Waals surface area contributed by atoms with Gasteiger partial charge < -0.3 is 14.6 Å². The van der Waals surface area contributed by atoms with Crippen LogP contribution in [0.5, 0.6) is 5.75 Å². The van der Waals surface area contributed by atoms with Crippen molar-refractivity contribution in [3.05, 3.63) is 54.4 Å². The van der Waals surface area contributed by atoms with Gasteiger partial charge in [-0.1, -0.05) is 38.1 Å². The van der Waals surface area contributed by atoms with E-state index in [4.69, 9.17) is 4.74 Å². The minimum absolute atomic E-state index is 0.107. The Kier molecular flexibility index (Phi) is 4.51. The van der Waals surface area contributed by atoms with Crippen molar-refractivity contribution in [1.82, 2.24) is 9.55 Å². The summed E-state index contributed by atoms with van der Waals surface area (Å²) < 4.78 is 7.26. The molecule has 0 fully saturated rings. The Morgan fingerprint density at radius 3 is 2.62 bits per heavy atom. The molecule has 5 heteroatoms. The van der Waals surface area contributed by atoms with Gasteiger partial charge in [-0.2, -0.15) is 0 Å². The molecule has 1 amide bonds. The minimum atomic E-state index is -0.107. The summed E-state index contributed by atoms with van der Waals surface area (Å²) in [7, 11) is 1.59. The first-order chi connectivity index (χ1) is 11.6. The topological polar surface area (TPSA) is 56.1 Å². The lowest BCUT2D eigenvalue weighted by atomic mass is 10.2. The smallest absolute Gasteiger partial charge is 0.244 e. The molecule has 0 saturated heterocycles. The van der Waals surface area contributed by atoms with Crippen molar-refractivity contribution in [3.63, 3.8) is 0 Å². The van der Waals surface area contributed by atoms with Gasteiger partial charge in [0.05, 0.1) is 23.8 Å². The van der Waals surface area contributed by atoms with Crippen LogP contribution in [0.3, 0.4) is 0 Å². The zero-order chi connectivity index (χ0) is 17.1. The molecule has 0 aliphatic rings. The molecule has 0 unspecified atom stereocenters. The number of benzene rings is 2. The number of hydrogen-bond donors (Lipinski definition) is 1. The Bertz CT molecular complexity index is 868. The van der Waals surface area contributed by atoms with Gasteiger partial charge in [-0.25, -0.2) is 4.98 Å². The molecule has 0 bridgehead atoms. The second kappa shape index (κ2) is 6.74. The number of amides is 1. The van der Waals surface area contributed by atoms with Crippen LogP contribution >= 0.6 is 0 Å². The van der Waals surface area contributed by atoms with Gasteiger partial charge in [0.2, 0.25) is 5.91 Å². The first kappa shape index (κ1) is 16.1. The molecule has 0 saturated carbocycles. The van der Waals surface area contributed by atoms with Crippen molar-refractivity contribution in [2.45, 2.75) is 26.3 Å². The van der Waals surface area contributed by atoms with Gasteiger partial charge in [-0.3, -0.25) is 4.79 Å². The molecule has 3 rings (SSSR count). The van der Waals surface area contributed by atoms with Gasteiger partial charge in [0, 0.05) is 5.92 Å². The Labute approximate surface area is 141 Å². The van der Waals surface area contributed by atoms with E-state index in [1.54, 1.807) is 7.11 Å². The molecule has 3 aromatic rings.